The van der Waals surface area contributed by atoms with Crippen LogP contribution in [-0.4, -0.2) is 21.6 Å². The molecule has 0 fully saturated rings. The quantitative estimate of drug-likeness (QED) is 0.115. The minimum absolute atomic E-state index is 0.0876. The van der Waals surface area contributed by atoms with Gasteiger partial charge in [-0.3, -0.25) is 4.79 Å². The van der Waals surface area contributed by atoms with Crippen LogP contribution in [0, 0.1) is 5.92 Å². The van der Waals surface area contributed by atoms with Crippen molar-refractivity contribution in [3.05, 3.63) is 75.3 Å². The Hall–Kier alpha value is -3.81. The molecule has 0 aliphatic heterocycles. The minimum Gasteiger partial charge on any atom is -0.506 e. The number of hydrogen-bond acceptors (Lipinski definition) is 4. The molecule has 1 aliphatic rings. The van der Waals surface area contributed by atoms with E-state index in [0.717, 1.165) is 67.3 Å². The molecule has 2 aromatic heterocycles. The molecule has 5 nitrogen and oxygen atoms in total. The molecule has 1 aliphatic carbocycles. The molecular formula is C34H36F3NO4. The number of fused-ring (bicyclic) bond motifs is 4. The van der Waals surface area contributed by atoms with Gasteiger partial charge in [0.1, 0.15) is 11.3 Å². The van der Waals surface area contributed by atoms with Crippen LogP contribution in [0.3, 0.4) is 0 Å². The molecule has 0 saturated carbocycles. The van der Waals surface area contributed by atoms with Crippen LogP contribution in [0.2, 0.25) is 0 Å². The van der Waals surface area contributed by atoms with Crippen LogP contribution in [-0.2, 0) is 6.42 Å². The molecule has 2 aromatic carbocycles. The summed E-state index contributed by atoms with van der Waals surface area (Å²) in [7, 11) is 0. The molecular weight excluding hydrogens is 543 g/mol. The summed E-state index contributed by atoms with van der Waals surface area (Å²) in [4.78, 5) is 24.5. The molecule has 4 aromatic rings. The van der Waals surface area contributed by atoms with Gasteiger partial charge in [-0.1, -0.05) is 71.1 Å². The molecule has 42 heavy (non-hydrogen) atoms. The van der Waals surface area contributed by atoms with E-state index >= 15 is 0 Å². The topological polar surface area (TPSA) is 72.4 Å². The number of rotatable bonds is 10. The first kappa shape index (κ1) is 29.7. The molecule has 0 spiro atoms. The van der Waals surface area contributed by atoms with E-state index in [2.05, 4.69) is 49.6 Å². The van der Waals surface area contributed by atoms with Crippen molar-refractivity contribution in [1.29, 1.82) is 0 Å². The van der Waals surface area contributed by atoms with Crippen molar-refractivity contribution in [1.82, 2.24) is 4.57 Å². The fourth-order valence-electron chi connectivity index (χ4n) is 6.12. The first-order valence-electron chi connectivity index (χ1n) is 14.8. The van der Waals surface area contributed by atoms with Gasteiger partial charge in [0.2, 0.25) is 0 Å². The Morgan fingerprint density at radius 2 is 1.86 bits per heavy atom. The van der Waals surface area contributed by atoms with Crippen LogP contribution in [0.1, 0.15) is 98.8 Å². The number of aromatic nitrogens is 1. The van der Waals surface area contributed by atoms with Gasteiger partial charge in [-0.15, -0.1) is 0 Å². The number of Topliss-reactive ketones (excluding diaryl/α,β-unsaturated/α-hetero) is 1. The highest BCUT2D eigenvalue weighted by Gasteiger charge is 2.43. The van der Waals surface area contributed by atoms with Crippen molar-refractivity contribution in [2.45, 2.75) is 84.2 Å². The van der Waals surface area contributed by atoms with E-state index in [1.165, 1.54) is 12.0 Å². The number of nitrogens with zero attached hydrogens (tertiary/aromatic N) is 1. The first-order chi connectivity index (χ1) is 20.0. The Balaban J connectivity index is 1.72. The van der Waals surface area contributed by atoms with Gasteiger partial charge in [0.15, 0.2) is 5.56 Å². The van der Waals surface area contributed by atoms with E-state index in [4.69, 9.17) is 4.42 Å². The SMILES string of the molecule is CCCCCC(C)c1cccc(-n2c3c(c4cc5c(O)c(C(=O)C(F)(F)F)c(=O)oc5cc42)CC(CCCC)C=C3)c1. The number of aromatic hydroxyl groups is 1. The van der Waals surface area contributed by atoms with Crippen LogP contribution in [0.4, 0.5) is 13.2 Å². The zero-order valence-corrected chi connectivity index (χ0v) is 24.2. The summed E-state index contributed by atoms with van der Waals surface area (Å²) in [6.07, 6.45) is 7.40. The van der Waals surface area contributed by atoms with E-state index in [9.17, 15) is 27.9 Å². The number of unbranched alkanes of at least 4 members (excludes halogenated alkanes) is 3. The van der Waals surface area contributed by atoms with E-state index in [1.54, 1.807) is 12.1 Å². The van der Waals surface area contributed by atoms with Crippen LogP contribution in [0.15, 0.2) is 51.7 Å². The summed E-state index contributed by atoms with van der Waals surface area (Å²) in [5, 5.41) is 11.4. The standard InChI is InChI=1S/C34H36F3NO4/c1-4-6-8-10-20(3)22-12-9-13-23(17-22)38-27-15-14-21(11-7-5-2)16-24(27)25-18-26-29(19-28(25)38)42-33(41)30(31(26)39)32(40)34(35,36)37/h9,12-15,17-21,39H,4-8,10-11,16H2,1-3H3. The number of allylic oxidation sites excluding steroid dienone is 1. The first-order valence-corrected chi connectivity index (χ1v) is 14.8. The lowest BCUT2D eigenvalue weighted by atomic mass is 9.88. The molecule has 2 heterocycles. The van der Waals surface area contributed by atoms with Gasteiger partial charge in [-0.2, -0.15) is 13.2 Å². The second-order valence-electron chi connectivity index (χ2n) is 11.5. The smallest absolute Gasteiger partial charge is 0.455 e. The monoisotopic (exact) mass is 579 g/mol. The number of alkyl halides is 3. The predicted molar refractivity (Wildman–Crippen MR) is 160 cm³/mol. The van der Waals surface area contributed by atoms with Gasteiger partial charge >= 0.3 is 11.8 Å². The van der Waals surface area contributed by atoms with Gasteiger partial charge in [-0.05, 0) is 66.5 Å². The average molecular weight is 580 g/mol. The average Bonchev–Trinajstić information content (AvgIpc) is 3.27. The minimum atomic E-state index is -5.33. The van der Waals surface area contributed by atoms with E-state index < -0.39 is 28.9 Å². The fourth-order valence-corrected chi connectivity index (χ4v) is 6.12. The van der Waals surface area contributed by atoms with Crippen LogP contribution < -0.4 is 5.63 Å². The van der Waals surface area contributed by atoms with Gasteiger partial charge < -0.3 is 14.1 Å². The van der Waals surface area contributed by atoms with Crippen LogP contribution in [0.25, 0.3) is 33.6 Å². The van der Waals surface area contributed by atoms with Crippen molar-refractivity contribution in [3.63, 3.8) is 0 Å². The van der Waals surface area contributed by atoms with Gasteiger partial charge in [0.05, 0.1) is 10.9 Å². The molecule has 5 rings (SSSR count). The number of ketones is 1. The van der Waals surface area contributed by atoms with Crippen molar-refractivity contribution < 1.29 is 27.5 Å². The lowest BCUT2D eigenvalue weighted by Crippen LogP contribution is -2.28. The highest BCUT2D eigenvalue weighted by molar-refractivity contribution is 6.08. The summed E-state index contributed by atoms with van der Waals surface area (Å²) in [6, 6.07) is 11.5. The summed E-state index contributed by atoms with van der Waals surface area (Å²) < 4.78 is 47.0. The molecule has 0 saturated heterocycles. The van der Waals surface area contributed by atoms with Crippen molar-refractivity contribution in [2.75, 3.05) is 0 Å². The predicted octanol–water partition coefficient (Wildman–Crippen LogP) is 9.25. The molecule has 2 atom stereocenters. The second kappa shape index (κ2) is 11.8. The van der Waals surface area contributed by atoms with E-state index in [-0.39, 0.29) is 11.0 Å². The molecule has 0 amide bonds. The number of hydrogen-bond donors (Lipinski definition) is 1. The van der Waals surface area contributed by atoms with Crippen LogP contribution >= 0.6 is 0 Å². The van der Waals surface area contributed by atoms with Gasteiger partial charge in [0, 0.05) is 22.8 Å². The van der Waals surface area contributed by atoms with Gasteiger partial charge in [0.25, 0.3) is 5.78 Å². The maximum absolute atomic E-state index is 13.2. The maximum Gasteiger partial charge on any atom is 0.455 e. The van der Waals surface area contributed by atoms with Crippen molar-refractivity contribution in [2.24, 2.45) is 5.92 Å². The molecule has 1 N–H and O–H groups in total. The number of halogens is 3. The lowest BCUT2D eigenvalue weighted by molar-refractivity contribution is -0.0888. The third-order valence-corrected chi connectivity index (χ3v) is 8.46. The maximum atomic E-state index is 13.2. The highest BCUT2D eigenvalue weighted by atomic mass is 19.4. The van der Waals surface area contributed by atoms with Crippen molar-refractivity contribution in [3.8, 4) is 11.4 Å². The number of carbonyl (C=O) groups is 1. The largest absolute Gasteiger partial charge is 0.506 e. The Kier molecular flexibility index (Phi) is 8.35. The van der Waals surface area contributed by atoms with Crippen molar-refractivity contribution >= 4 is 33.7 Å². The normalized spacial score (nSPS) is 15.8. The third kappa shape index (κ3) is 5.51. The van der Waals surface area contributed by atoms with E-state index in [1.807, 2.05) is 12.1 Å². The summed E-state index contributed by atoms with van der Waals surface area (Å²) in [5.41, 5.74) is 1.79. The number of carbonyl (C=O) groups excluding carboxylic acids is 1. The fraction of sp³-hybridized carbons (Fsp3) is 0.412. The molecule has 8 heteroatoms. The second-order valence-corrected chi connectivity index (χ2v) is 11.5. The van der Waals surface area contributed by atoms with Crippen LogP contribution in [0.5, 0.6) is 5.75 Å². The molecule has 2 unspecified atom stereocenters. The highest BCUT2D eigenvalue weighted by Crippen LogP contribution is 2.41. The Morgan fingerprint density at radius 3 is 2.57 bits per heavy atom. The zero-order valence-electron chi connectivity index (χ0n) is 24.2. The Bertz CT molecular complexity index is 1730. The van der Waals surface area contributed by atoms with Gasteiger partial charge in [-0.25, -0.2) is 4.79 Å². The molecule has 222 valence electrons. The van der Waals surface area contributed by atoms with E-state index in [0.29, 0.717) is 17.4 Å². The Morgan fingerprint density at radius 1 is 1.10 bits per heavy atom. The summed E-state index contributed by atoms with van der Waals surface area (Å²) in [5.74, 6) is -2.78. The lowest BCUT2D eigenvalue weighted by Gasteiger charge is -2.19. The molecule has 0 bridgehead atoms. The molecule has 0 radical (unpaired) electrons. The Labute approximate surface area is 242 Å². The number of benzene rings is 2. The summed E-state index contributed by atoms with van der Waals surface area (Å²) >= 11 is 0. The zero-order chi connectivity index (χ0) is 30.2. The third-order valence-electron chi connectivity index (χ3n) is 8.46. The summed E-state index contributed by atoms with van der Waals surface area (Å²) in [6.45, 7) is 6.55.